The van der Waals surface area contributed by atoms with Gasteiger partial charge in [0.2, 0.25) is 0 Å². The van der Waals surface area contributed by atoms with Crippen molar-refractivity contribution in [2.24, 2.45) is 0 Å². The molecule has 258 valence electrons. The topological polar surface area (TPSA) is 63.6 Å². The van der Waals surface area contributed by atoms with Gasteiger partial charge in [-0.1, -0.05) is 139 Å². The fraction of sp³-hybridized carbons (Fsp3) is 0.707. The lowest BCUT2D eigenvalue weighted by Gasteiger charge is -2.17. The van der Waals surface area contributed by atoms with Gasteiger partial charge in [-0.05, 0) is 89.9 Å². The van der Waals surface area contributed by atoms with Gasteiger partial charge in [0, 0.05) is 12.8 Å². The van der Waals surface area contributed by atoms with Crippen molar-refractivity contribution in [1.29, 1.82) is 0 Å². The summed E-state index contributed by atoms with van der Waals surface area (Å²) >= 11 is 0. The van der Waals surface area contributed by atoms with Crippen LogP contribution in [-0.4, -0.2) is 23.1 Å². The number of rotatable bonds is 33. The predicted molar refractivity (Wildman–Crippen MR) is 195 cm³/mol. The fourth-order valence-electron chi connectivity index (χ4n) is 5.23. The summed E-state index contributed by atoms with van der Waals surface area (Å²) in [4.78, 5) is 23.3. The summed E-state index contributed by atoms with van der Waals surface area (Å²) in [6.45, 7) is 4.41. The zero-order chi connectivity index (χ0) is 32.9. The molecule has 1 N–H and O–H groups in total. The second-order valence-corrected chi connectivity index (χ2v) is 12.4. The van der Waals surface area contributed by atoms with Crippen LogP contribution in [0, 0.1) is 0 Å². The van der Waals surface area contributed by atoms with E-state index in [9.17, 15) is 9.59 Å². The van der Waals surface area contributed by atoms with Crippen LogP contribution in [0.25, 0.3) is 0 Å². The molecule has 0 saturated heterocycles. The van der Waals surface area contributed by atoms with Crippen molar-refractivity contribution in [1.82, 2.24) is 0 Å². The van der Waals surface area contributed by atoms with Gasteiger partial charge >= 0.3 is 11.9 Å². The Bertz CT molecular complexity index is 804. The van der Waals surface area contributed by atoms with E-state index in [-0.39, 0.29) is 18.5 Å². The number of esters is 1. The van der Waals surface area contributed by atoms with Crippen LogP contribution < -0.4 is 0 Å². The maximum Gasteiger partial charge on any atom is 0.306 e. The second kappa shape index (κ2) is 36.1. The Morgan fingerprint density at radius 2 is 0.978 bits per heavy atom. The lowest BCUT2D eigenvalue weighted by molar-refractivity contribution is -0.150. The minimum Gasteiger partial charge on any atom is -0.481 e. The lowest BCUT2D eigenvalue weighted by Crippen LogP contribution is -2.18. The van der Waals surface area contributed by atoms with Crippen molar-refractivity contribution >= 4 is 11.9 Å². The molecule has 0 aromatic rings. The molecule has 0 saturated carbocycles. The quantitative estimate of drug-likeness (QED) is 0.0447. The third kappa shape index (κ3) is 36.0. The van der Waals surface area contributed by atoms with E-state index in [0.717, 1.165) is 89.9 Å². The third-order valence-electron chi connectivity index (χ3n) is 7.98. The molecular formula is C41H70O4. The molecule has 0 rings (SSSR count). The van der Waals surface area contributed by atoms with Gasteiger partial charge in [0.15, 0.2) is 0 Å². The highest BCUT2D eigenvalue weighted by atomic mass is 16.5. The van der Waals surface area contributed by atoms with Gasteiger partial charge in [-0.25, -0.2) is 0 Å². The van der Waals surface area contributed by atoms with Gasteiger partial charge in [-0.15, -0.1) is 0 Å². The van der Waals surface area contributed by atoms with Crippen LogP contribution in [0.4, 0.5) is 0 Å². The minimum atomic E-state index is -0.714. The predicted octanol–water partition coefficient (Wildman–Crippen LogP) is 12.9. The first kappa shape index (κ1) is 42.6. The molecule has 0 heterocycles. The molecule has 0 radical (unpaired) electrons. The Morgan fingerprint density at radius 1 is 0.511 bits per heavy atom. The summed E-state index contributed by atoms with van der Waals surface area (Å²) < 4.78 is 5.94. The SMILES string of the molecule is CC/C=C\C/C=C\C/C=C\C/C=C\CCC(CCCCCCCC(=O)O)OC(=O)CCCCCCC/C=C\CCCCCCC. The van der Waals surface area contributed by atoms with Crippen molar-refractivity contribution in [3.05, 3.63) is 60.8 Å². The van der Waals surface area contributed by atoms with Gasteiger partial charge in [0.25, 0.3) is 0 Å². The maximum absolute atomic E-state index is 12.6. The van der Waals surface area contributed by atoms with Gasteiger partial charge < -0.3 is 9.84 Å². The molecule has 1 atom stereocenters. The zero-order valence-electron chi connectivity index (χ0n) is 29.4. The van der Waals surface area contributed by atoms with Crippen LogP contribution in [0.2, 0.25) is 0 Å². The fourth-order valence-corrected chi connectivity index (χ4v) is 5.23. The summed E-state index contributed by atoms with van der Waals surface area (Å²) in [6.07, 6.45) is 49.4. The lowest BCUT2D eigenvalue weighted by atomic mass is 10.0. The van der Waals surface area contributed by atoms with Crippen LogP contribution in [0.5, 0.6) is 0 Å². The first-order valence-corrected chi connectivity index (χ1v) is 18.8. The van der Waals surface area contributed by atoms with E-state index in [4.69, 9.17) is 9.84 Å². The molecular weight excluding hydrogens is 556 g/mol. The molecule has 0 aliphatic heterocycles. The molecule has 0 spiro atoms. The van der Waals surface area contributed by atoms with E-state index in [0.29, 0.717) is 6.42 Å². The van der Waals surface area contributed by atoms with E-state index in [1.54, 1.807) is 0 Å². The van der Waals surface area contributed by atoms with E-state index < -0.39 is 5.97 Å². The van der Waals surface area contributed by atoms with Crippen molar-refractivity contribution in [2.45, 2.75) is 187 Å². The van der Waals surface area contributed by atoms with Crippen molar-refractivity contribution in [3.8, 4) is 0 Å². The number of carboxylic acids is 1. The number of unbranched alkanes of at least 4 members (excludes halogenated alkanes) is 14. The summed E-state index contributed by atoms with van der Waals surface area (Å²) in [6, 6.07) is 0. The molecule has 0 amide bonds. The van der Waals surface area contributed by atoms with Crippen molar-refractivity contribution in [3.63, 3.8) is 0 Å². The zero-order valence-corrected chi connectivity index (χ0v) is 29.4. The Kier molecular flexibility index (Phi) is 34.2. The van der Waals surface area contributed by atoms with E-state index in [1.165, 1.54) is 64.2 Å². The highest BCUT2D eigenvalue weighted by molar-refractivity contribution is 5.69. The van der Waals surface area contributed by atoms with E-state index in [2.05, 4.69) is 74.6 Å². The van der Waals surface area contributed by atoms with Gasteiger partial charge in [-0.3, -0.25) is 9.59 Å². The number of hydrogen-bond donors (Lipinski definition) is 1. The molecule has 0 aromatic carbocycles. The number of ether oxygens (including phenoxy) is 1. The summed E-state index contributed by atoms with van der Waals surface area (Å²) in [5.74, 6) is -0.762. The van der Waals surface area contributed by atoms with Crippen LogP contribution in [0.15, 0.2) is 60.8 Å². The number of carbonyl (C=O) groups is 2. The third-order valence-corrected chi connectivity index (χ3v) is 7.98. The highest BCUT2D eigenvalue weighted by Gasteiger charge is 2.13. The second-order valence-electron chi connectivity index (χ2n) is 12.4. The van der Waals surface area contributed by atoms with E-state index in [1.807, 2.05) is 0 Å². The Labute approximate surface area is 278 Å². The number of aliphatic carboxylic acids is 1. The maximum atomic E-state index is 12.6. The van der Waals surface area contributed by atoms with Crippen LogP contribution in [0.3, 0.4) is 0 Å². The number of carboxylic acid groups (broad SMARTS) is 1. The molecule has 0 aliphatic rings. The molecule has 45 heavy (non-hydrogen) atoms. The Hall–Kier alpha value is -2.36. The summed E-state index contributed by atoms with van der Waals surface area (Å²) in [5, 5.41) is 8.80. The largest absolute Gasteiger partial charge is 0.481 e. The summed E-state index contributed by atoms with van der Waals surface area (Å²) in [7, 11) is 0. The smallest absolute Gasteiger partial charge is 0.306 e. The van der Waals surface area contributed by atoms with Gasteiger partial charge in [0.1, 0.15) is 6.10 Å². The van der Waals surface area contributed by atoms with Crippen LogP contribution in [0.1, 0.15) is 181 Å². The molecule has 0 bridgehead atoms. The first-order valence-electron chi connectivity index (χ1n) is 18.8. The molecule has 0 aliphatic carbocycles. The average Bonchev–Trinajstić information content (AvgIpc) is 3.02. The Morgan fingerprint density at radius 3 is 1.56 bits per heavy atom. The molecule has 0 aromatic heterocycles. The number of hydrogen-bond acceptors (Lipinski definition) is 3. The number of allylic oxidation sites excluding steroid dienone is 10. The normalized spacial score (nSPS) is 12.9. The average molecular weight is 627 g/mol. The van der Waals surface area contributed by atoms with Crippen molar-refractivity contribution < 1.29 is 19.4 Å². The van der Waals surface area contributed by atoms with E-state index >= 15 is 0 Å². The standard InChI is InChI=1S/C41H70O4/c1-3-5-7-9-11-13-15-17-19-21-23-25-30-34-38-41(44)45-39(36-32-28-26-29-33-37-40(42)43)35-31-27-24-22-20-18-16-14-12-10-8-6-4-2/h6,8,12,14-15,17-18,20,24,27,39H,3-5,7,9-11,13,16,19,21-23,25-26,28-38H2,1-2H3,(H,42,43)/b8-6-,14-12-,17-15-,20-18-,27-24-. The number of carbonyl (C=O) groups excluding carboxylic acids is 1. The van der Waals surface area contributed by atoms with Gasteiger partial charge in [-0.2, -0.15) is 0 Å². The monoisotopic (exact) mass is 627 g/mol. The van der Waals surface area contributed by atoms with Crippen molar-refractivity contribution in [2.75, 3.05) is 0 Å². The van der Waals surface area contributed by atoms with Crippen LogP contribution >= 0.6 is 0 Å². The molecule has 1 unspecified atom stereocenters. The Balaban J connectivity index is 4.21. The van der Waals surface area contributed by atoms with Crippen LogP contribution in [-0.2, 0) is 14.3 Å². The molecule has 0 fully saturated rings. The van der Waals surface area contributed by atoms with Gasteiger partial charge in [0.05, 0.1) is 0 Å². The highest BCUT2D eigenvalue weighted by Crippen LogP contribution is 2.17. The summed E-state index contributed by atoms with van der Waals surface area (Å²) in [5.41, 5.74) is 0. The molecule has 4 heteroatoms. The molecule has 4 nitrogen and oxygen atoms in total. The first-order chi connectivity index (χ1) is 22.1. The minimum absolute atomic E-state index is 0.0259.